The zero-order chi connectivity index (χ0) is 15.8. The number of para-hydroxylation sites is 1. The fourth-order valence-corrected chi connectivity index (χ4v) is 2.27. The maximum Gasteiger partial charge on any atom is 0.124 e. The van der Waals surface area contributed by atoms with Crippen LogP contribution in [0, 0.1) is 5.92 Å². The van der Waals surface area contributed by atoms with Gasteiger partial charge in [-0.15, -0.1) is 0 Å². The van der Waals surface area contributed by atoms with Crippen molar-refractivity contribution >= 4 is 11.6 Å². The van der Waals surface area contributed by atoms with Crippen molar-refractivity contribution in [3.05, 3.63) is 64.7 Å². The summed E-state index contributed by atoms with van der Waals surface area (Å²) in [5, 5.41) is 4.23. The SMILES string of the molecule is CC(C)CCNCc1ccccc1OCc1ccc(Cl)cc1. The van der Waals surface area contributed by atoms with Crippen LogP contribution in [0.5, 0.6) is 5.75 Å². The topological polar surface area (TPSA) is 21.3 Å². The first-order valence-electron chi connectivity index (χ1n) is 7.81. The van der Waals surface area contributed by atoms with Crippen LogP contribution in [0.3, 0.4) is 0 Å². The predicted molar refractivity (Wildman–Crippen MR) is 93.4 cm³/mol. The lowest BCUT2D eigenvalue weighted by Crippen LogP contribution is -2.16. The number of halogens is 1. The lowest BCUT2D eigenvalue weighted by molar-refractivity contribution is 0.302. The highest BCUT2D eigenvalue weighted by Crippen LogP contribution is 2.20. The van der Waals surface area contributed by atoms with Crippen LogP contribution in [0.15, 0.2) is 48.5 Å². The minimum Gasteiger partial charge on any atom is -0.489 e. The van der Waals surface area contributed by atoms with Gasteiger partial charge in [0.25, 0.3) is 0 Å². The molecule has 0 atom stereocenters. The number of hydrogen-bond acceptors (Lipinski definition) is 2. The van der Waals surface area contributed by atoms with Gasteiger partial charge in [-0.3, -0.25) is 0 Å². The maximum absolute atomic E-state index is 5.96. The van der Waals surface area contributed by atoms with Gasteiger partial charge in [-0.2, -0.15) is 0 Å². The van der Waals surface area contributed by atoms with Crippen LogP contribution in [0.2, 0.25) is 5.02 Å². The summed E-state index contributed by atoms with van der Waals surface area (Å²) in [5.74, 6) is 1.67. The van der Waals surface area contributed by atoms with Crippen molar-refractivity contribution < 1.29 is 4.74 Å². The molecule has 0 aliphatic heterocycles. The Kier molecular flexibility index (Phi) is 6.75. The molecule has 0 unspecified atom stereocenters. The van der Waals surface area contributed by atoms with Crippen LogP contribution in [0.1, 0.15) is 31.4 Å². The number of hydrogen-bond donors (Lipinski definition) is 1. The molecule has 0 aromatic heterocycles. The second-order valence-corrected chi connectivity index (χ2v) is 6.32. The van der Waals surface area contributed by atoms with Crippen molar-refractivity contribution in [2.24, 2.45) is 5.92 Å². The molecule has 0 radical (unpaired) electrons. The van der Waals surface area contributed by atoms with E-state index in [0.29, 0.717) is 6.61 Å². The average molecular weight is 318 g/mol. The van der Waals surface area contributed by atoms with Crippen LogP contribution in [0.25, 0.3) is 0 Å². The Morgan fingerprint density at radius 2 is 1.77 bits per heavy atom. The molecule has 0 aliphatic rings. The van der Waals surface area contributed by atoms with E-state index in [-0.39, 0.29) is 0 Å². The Morgan fingerprint density at radius 1 is 1.05 bits per heavy atom. The first-order valence-corrected chi connectivity index (χ1v) is 8.19. The summed E-state index contributed by atoms with van der Waals surface area (Å²) in [6, 6.07) is 16.0. The molecular formula is C19H24ClNO. The largest absolute Gasteiger partial charge is 0.489 e. The molecule has 22 heavy (non-hydrogen) atoms. The Hall–Kier alpha value is -1.51. The Balaban J connectivity index is 1.89. The zero-order valence-corrected chi connectivity index (χ0v) is 14.1. The summed E-state index contributed by atoms with van der Waals surface area (Å²) in [7, 11) is 0. The van der Waals surface area contributed by atoms with Crippen molar-refractivity contribution in [2.45, 2.75) is 33.4 Å². The van der Waals surface area contributed by atoms with E-state index >= 15 is 0 Å². The monoisotopic (exact) mass is 317 g/mol. The number of benzene rings is 2. The molecule has 0 heterocycles. The summed E-state index contributed by atoms with van der Waals surface area (Å²) in [4.78, 5) is 0. The number of rotatable bonds is 8. The molecule has 2 nitrogen and oxygen atoms in total. The van der Waals surface area contributed by atoms with E-state index in [1.165, 1.54) is 12.0 Å². The van der Waals surface area contributed by atoms with Crippen LogP contribution in [-0.4, -0.2) is 6.54 Å². The third-order valence-corrected chi connectivity index (χ3v) is 3.75. The van der Waals surface area contributed by atoms with Crippen LogP contribution in [0.4, 0.5) is 0 Å². The summed E-state index contributed by atoms with van der Waals surface area (Å²) in [6.07, 6.45) is 1.19. The van der Waals surface area contributed by atoms with Gasteiger partial charge < -0.3 is 10.1 Å². The van der Waals surface area contributed by atoms with Crippen molar-refractivity contribution in [2.75, 3.05) is 6.54 Å². The summed E-state index contributed by atoms with van der Waals surface area (Å²) in [5.41, 5.74) is 2.31. The molecule has 2 aromatic carbocycles. The lowest BCUT2D eigenvalue weighted by atomic mass is 10.1. The van der Waals surface area contributed by atoms with E-state index in [1.807, 2.05) is 36.4 Å². The highest BCUT2D eigenvalue weighted by atomic mass is 35.5. The molecule has 0 saturated carbocycles. The van der Waals surface area contributed by atoms with Gasteiger partial charge in [-0.1, -0.05) is 55.8 Å². The number of ether oxygens (including phenoxy) is 1. The Labute approximate surface area is 138 Å². The van der Waals surface area contributed by atoms with Crippen LogP contribution >= 0.6 is 11.6 Å². The van der Waals surface area contributed by atoms with Gasteiger partial charge in [0, 0.05) is 17.1 Å². The van der Waals surface area contributed by atoms with Crippen molar-refractivity contribution in [3.63, 3.8) is 0 Å². The first kappa shape index (κ1) is 16.9. The average Bonchev–Trinajstić information content (AvgIpc) is 2.52. The van der Waals surface area contributed by atoms with Crippen molar-refractivity contribution in [3.8, 4) is 5.75 Å². The minimum absolute atomic E-state index is 0.556. The van der Waals surface area contributed by atoms with Crippen molar-refractivity contribution in [1.82, 2.24) is 5.32 Å². The molecule has 3 heteroatoms. The Morgan fingerprint density at radius 3 is 2.50 bits per heavy atom. The fourth-order valence-electron chi connectivity index (χ4n) is 2.15. The second kappa shape index (κ2) is 8.82. The van der Waals surface area contributed by atoms with Crippen LogP contribution in [-0.2, 0) is 13.2 Å². The van der Waals surface area contributed by atoms with Gasteiger partial charge in [0.1, 0.15) is 12.4 Å². The molecule has 118 valence electrons. The van der Waals surface area contributed by atoms with E-state index in [0.717, 1.165) is 35.3 Å². The smallest absolute Gasteiger partial charge is 0.124 e. The summed E-state index contributed by atoms with van der Waals surface area (Å²) in [6.45, 7) is 6.91. The lowest BCUT2D eigenvalue weighted by Gasteiger charge is -2.13. The predicted octanol–water partition coefficient (Wildman–Crippen LogP) is 5.05. The van der Waals surface area contributed by atoms with E-state index in [2.05, 4.69) is 31.3 Å². The van der Waals surface area contributed by atoms with E-state index in [1.54, 1.807) is 0 Å². The highest BCUT2D eigenvalue weighted by Gasteiger charge is 2.03. The standard InChI is InChI=1S/C19H24ClNO/c1-15(2)11-12-21-13-17-5-3-4-6-19(17)22-14-16-7-9-18(20)10-8-16/h3-10,15,21H,11-14H2,1-2H3. The molecule has 0 saturated heterocycles. The quantitative estimate of drug-likeness (QED) is 0.687. The molecule has 0 amide bonds. The van der Waals surface area contributed by atoms with Crippen molar-refractivity contribution in [1.29, 1.82) is 0 Å². The molecule has 0 bridgehead atoms. The normalized spacial score (nSPS) is 10.9. The molecular weight excluding hydrogens is 294 g/mol. The molecule has 1 N–H and O–H groups in total. The number of nitrogens with one attached hydrogen (secondary N) is 1. The van der Waals surface area contributed by atoms with Gasteiger partial charge in [-0.05, 0) is 42.6 Å². The third kappa shape index (κ3) is 5.70. The molecule has 0 fully saturated rings. The summed E-state index contributed by atoms with van der Waals surface area (Å²) < 4.78 is 5.96. The molecule has 0 aliphatic carbocycles. The van der Waals surface area contributed by atoms with Crippen LogP contribution < -0.4 is 10.1 Å². The van der Waals surface area contributed by atoms with E-state index in [4.69, 9.17) is 16.3 Å². The highest BCUT2D eigenvalue weighted by molar-refractivity contribution is 6.30. The van der Waals surface area contributed by atoms with Gasteiger partial charge in [-0.25, -0.2) is 0 Å². The first-order chi connectivity index (χ1) is 10.6. The molecule has 0 spiro atoms. The van der Waals surface area contributed by atoms with E-state index in [9.17, 15) is 0 Å². The second-order valence-electron chi connectivity index (χ2n) is 5.88. The summed E-state index contributed by atoms with van der Waals surface area (Å²) >= 11 is 5.90. The van der Waals surface area contributed by atoms with E-state index < -0.39 is 0 Å². The molecule has 2 rings (SSSR count). The fraction of sp³-hybridized carbons (Fsp3) is 0.368. The van der Waals surface area contributed by atoms with Gasteiger partial charge in [0.2, 0.25) is 0 Å². The maximum atomic E-state index is 5.96. The van der Waals surface area contributed by atoms with Gasteiger partial charge >= 0.3 is 0 Å². The van der Waals surface area contributed by atoms with Gasteiger partial charge in [0.15, 0.2) is 0 Å². The minimum atomic E-state index is 0.556. The zero-order valence-electron chi connectivity index (χ0n) is 13.3. The Bertz CT molecular complexity index is 566. The third-order valence-electron chi connectivity index (χ3n) is 3.49. The van der Waals surface area contributed by atoms with Gasteiger partial charge in [0.05, 0.1) is 0 Å². The molecule has 2 aromatic rings.